The van der Waals surface area contributed by atoms with E-state index in [2.05, 4.69) is 6.92 Å². The van der Waals surface area contributed by atoms with E-state index >= 15 is 0 Å². The largest absolute Gasteiger partial charge is 0.465 e. The average Bonchev–Trinajstić information content (AvgIpc) is 2.98. The summed E-state index contributed by atoms with van der Waals surface area (Å²) in [6.07, 6.45) is 5.69. The van der Waals surface area contributed by atoms with Crippen LogP contribution < -0.4 is 0 Å². The van der Waals surface area contributed by atoms with Crippen LogP contribution in [0.25, 0.3) is 11.1 Å². The van der Waals surface area contributed by atoms with Crippen LogP contribution in [0.5, 0.6) is 0 Å². The molecule has 0 heterocycles. The van der Waals surface area contributed by atoms with Crippen LogP contribution >= 0.6 is 0 Å². The molecule has 2 aliphatic carbocycles. The van der Waals surface area contributed by atoms with Gasteiger partial charge in [0.1, 0.15) is 17.7 Å². The number of benzene rings is 1. The number of allylic oxidation sites excluding steroid dienone is 5. The fourth-order valence-electron chi connectivity index (χ4n) is 3.64. The van der Waals surface area contributed by atoms with E-state index in [1.54, 1.807) is 0 Å². The molecule has 1 aromatic carbocycles. The smallest absolute Gasteiger partial charge is 0.314 e. The standard InChI is InChI=1S/C22H20N2O2/c1-3-4-11-26-22(25)19-14(2)9-10-18-20(15(12-23)13-24)16-7-5-6-8-17(16)21(18)19/h5-10,14,19H,3-4,11H2,1-2H3. The number of esters is 1. The summed E-state index contributed by atoms with van der Waals surface area (Å²) < 4.78 is 5.51. The van der Waals surface area contributed by atoms with E-state index in [0.29, 0.717) is 12.2 Å². The zero-order valence-electron chi connectivity index (χ0n) is 15.0. The maximum absolute atomic E-state index is 12.8. The minimum atomic E-state index is -0.427. The van der Waals surface area contributed by atoms with Crippen LogP contribution in [0.2, 0.25) is 0 Å². The number of carbonyl (C=O) groups excluding carboxylic acids is 1. The lowest BCUT2D eigenvalue weighted by Crippen LogP contribution is -2.26. The monoisotopic (exact) mass is 344 g/mol. The van der Waals surface area contributed by atoms with Gasteiger partial charge >= 0.3 is 5.97 Å². The number of nitriles is 2. The quantitative estimate of drug-likeness (QED) is 0.460. The topological polar surface area (TPSA) is 73.9 Å². The van der Waals surface area contributed by atoms with Crippen LogP contribution in [-0.2, 0) is 9.53 Å². The van der Waals surface area contributed by atoms with Crippen LogP contribution in [0.1, 0.15) is 37.8 Å². The minimum Gasteiger partial charge on any atom is -0.465 e. The first-order valence-electron chi connectivity index (χ1n) is 8.87. The Morgan fingerprint density at radius 1 is 1.19 bits per heavy atom. The van der Waals surface area contributed by atoms with Crippen molar-refractivity contribution in [2.45, 2.75) is 26.7 Å². The normalized spacial score (nSPS) is 20.1. The van der Waals surface area contributed by atoms with Gasteiger partial charge in [-0.1, -0.05) is 56.7 Å². The Morgan fingerprint density at radius 2 is 1.88 bits per heavy atom. The van der Waals surface area contributed by atoms with E-state index in [0.717, 1.165) is 35.1 Å². The molecule has 2 unspecified atom stereocenters. The van der Waals surface area contributed by atoms with Gasteiger partial charge in [-0.05, 0) is 34.6 Å². The summed E-state index contributed by atoms with van der Waals surface area (Å²) in [4.78, 5) is 12.8. The fourth-order valence-corrected chi connectivity index (χ4v) is 3.64. The summed E-state index contributed by atoms with van der Waals surface area (Å²) in [6, 6.07) is 11.6. The molecular weight excluding hydrogens is 324 g/mol. The highest BCUT2D eigenvalue weighted by atomic mass is 16.5. The van der Waals surface area contributed by atoms with Gasteiger partial charge in [-0.3, -0.25) is 4.79 Å². The van der Waals surface area contributed by atoms with Gasteiger partial charge < -0.3 is 4.74 Å². The maximum Gasteiger partial charge on any atom is 0.314 e. The van der Waals surface area contributed by atoms with E-state index in [1.807, 2.05) is 55.5 Å². The van der Waals surface area contributed by atoms with Crippen molar-refractivity contribution in [2.24, 2.45) is 11.8 Å². The van der Waals surface area contributed by atoms with Crippen molar-refractivity contribution in [3.8, 4) is 12.1 Å². The highest BCUT2D eigenvalue weighted by Gasteiger charge is 2.40. The molecule has 26 heavy (non-hydrogen) atoms. The van der Waals surface area contributed by atoms with Gasteiger partial charge in [0, 0.05) is 5.57 Å². The number of rotatable bonds is 4. The molecule has 0 fully saturated rings. The first kappa shape index (κ1) is 17.7. The molecule has 3 rings (SSSR count). The van der Waals surface area contributed by atoms with Crippen molar-refractivity contribution >= 4 is 17.1 Å². The lowest BCUT2D eigenvalue weighted by molar-refractivity contribution is -0.147. The van der Waals surface area contributed by atoms with Gasteiger partial charge in [-0.2, -0.15) is 10.5 Å². The Labute approximate surface area is 153 Å². The van der Waals surface area contributed by atoms with Gasteiger partial charge in [0.25, 0.3) is 0 Å². The van der Waals surface area contributed by atoms with Gasteiger partial charge in [0.2, 0.25) is 0 Å². The van der Waals surface area contributed by atoms with Crippen molar-refractivity contribution in [2.75, 3.05) is 6.61 Å². The highest BCUT2D eigenvalue weighted by molar-refractivity contribution is 6.09. The maximum atomic E-state index is 12.8. The van der Waals surface area contributed by atoms with E-state index < -0.39 is 5.92 Å². The Bertz CT molecular complexity index is 906. The summed E-state index contributed by atoms with van der Waals surface area (Å²) in [5.41, 5.74) is 4.10. The van der Waals surface area contributed by atoms with Crippen LogP contribution in [0.4, 0.5) is 0 Å². The Hall–Kier alpha value is -3.11. The molecule has 4 heteroatoms. The summed E-state index contributed by atoms with van der Waals surface area (Å²) in [5.74, 6) is -0.679. The number of nitrogens with zero attached hydrogens (tertiary/aromatic N) is 2. The molecule has 2 aliphatic rings. The van der Waals surface area contributed by atoms with Crippen molar-refractivity contribution in [1.29, 1.82) is 10.5 Å². The third kappa shape index (κ3) is 2.85. The molecule has 2 atom stereocenters. The average molecular weight is 344 g/mol. The van der Waals surface area contributed by atoms with Crippen molar-refractivity contribution in [1.82, 2.24) is 0 Å². The summed E-state index contributed by atoms with van der Waals surface area (Å²) in [6.45, 7) is 4.46. The molecule has 0 saturated heterocycles. The second-order valence-corrected chi connectivity index (χ2v) is 6.56. The van der Waals surface area contributed by atoms with E-state index in [9.17, 15) is 15.3 Å². The third-order valence-electron chi connectivity index (χ3n) is 4.92. The van der Waals surface area contributed by atoms with Crippen LogP contribution in [0.3, 0.4) is 0 Å². The fraction of sp³-hybridized carbons (Fsp3) is 0.318. The number of ether oxygens (including phenoxy) is 1. The molecule has 1 aromatic rings. The summed E-state index contributed by atoms with van der Waals surface area (Å²) in [5, 5.41) is 18.8. The van der Waals surface area contributed by atoms with Crippen molar-refractivity contribution < 1.29 is 9.53 Å². The minimum absolute atomic E-state index is 0.0112. The van der Waals surface area contributed by atoms with Gasteiger partial charge in [-0.15, -0.1) is 0 Å². The molecule has 0 radical (unpaired) electrons. The zero-order valence-corrected chi connectivity index (χ0v) is 15.0. The first-order valence-corrected chi connectivity index (χ1v) is 8.87. The molecule has 0 aliphatic heterocycles. The molecule has 0 saturated carbocycles. The molecule has 0 aromatic heterocycles. The van der Waals surface area contributed by atoms with E-state index in [-0.39, 0.29) is 17.5 Å². The van der Waals surface area contributed by atoms with Gasteiger partial charge in [0.05, 0.1) is 12.5 Å². The predicted molar refractivity (Wildman–Crippen MR) is 99.2 cm³/mol. The molecule has 0 amide bonds. The predicted octanol–water partition coefficient (Wildman–Crippen LogP) is 4.42. The number of fused-ring (bicyclic) bond motifs is 2. The van der Waals surface area contributed by atoms with Gasteiger partial charge in [-0.25, -0.2) is 0 Å². The third-order valence-corrected chi connectivity index (χ3v) is 4.92. The van der Waals surface area contributed by atoms with Crippen molar-refractivity contribution in [3.05, 3.63) is 58.7 Å². The summed E-state index contributed by atoms with van der Waals surface area (Å²) in [7, 11) is 0. The molecule has 4 nitrogen and oxygen atoms in total. The van der Waals surface area contributed by atoms with Crippen LogP contribution in [0.15, 0.2) is 47.6 Å². The summed E-state index contributed by atoms with van der Waals surface area (Å²) >= 11 is 0. The van der Waals surface area contributed by atoms with E-state index in [1.165, 1.54) is 0 Å². The molecule has 0 bridgehead atoms. The van der Waals surface area contributed by atoms with Crippen molar-refractivity contribution in [3.63, 3.8) is 0 Å². The Balaban J connectivity index is 2.15. The zero-order chi connectivity index (χ0) is 18.7. The molecule has 0 spiro atoms. The second-order valence-electron chi connectivity index (χ2n) is 6.56. The lowest BCUT2D eigenvalue weighted by Gasteiger charge is -2.26. The number of unbranched alkanes of at least 4 members (excludes halogenated alkanes) is 1. The molecular formula is C22H20N2O2. The lowest BCUT2D eigenvalue weighted by atomic mass is 9.79. The number of hydrogen-bond donors (Lipinski definition) is 0. The van der Waals surface area contributed by atoms with Crippen LogP contribution in [-0.4, -0.2) is 12.6 Å². The molecule has 130 valence electrons. The molecule has 0 N–H and O–H groups in total. The highest BCUT2D eigenvalue weighted by Crippen LogP contribution is 2.50. The number of carbonyl (C=O) groups is 1. The van der Waals surface area contributed by atoms with E-state index in [4.69, 9.17) is 4.74 Å². The van der Waals surface area contributed by atoms with Crippen LogP contribution in [0, 0.1) is 34.5 Å². The first-order chi connectivity index (χ1) is 12.6. The Morgan fingerprint density at radius 3 is 2.54 bits per heavy atom. The Kier molecular flexibility index (Phi) is 5.05. The van der Waals surface area contributed by atoms with Gasteiger partial charge in [0.15, 0.2) is 0 Å². The second kappa shape index (κ2) is 7.42. The number of hydrogen-bond acceptors (Lipinski definition) is 4. The SMILES string of the molecule is CCCCOC(=O)C1C2=C(C=CC1C)C(=C(C#N)C#N)c1ccccc12.